The highest BCUT2D eigenvalue weighted by atomic mass is 16.5. The fourth-order valence-corrected chi connectivity index (χ4v) is 4.58. The summed E-state index contributed by atoms with van der Waals surface area (Å²) >= 11 is 0. The number of carbonyl (C=O) groups excluding carboxylic acids is 2. The zero-order valence-corrected chi connectivity index (χ0v) is 19.9. The number of amides is 3. The molecule has 0 saturated carbocycles. The molecule has 2 heterocycles. The first-order valence-corrected chi connectivity index (χ1v) is 12.0. The number of β-amino-alcohol motifs (C(OH)–C–C–N with tert-alkyl or cyclic N) is 1. The fraction of sp³-hybridized carbons (Fsp3) is 0.462. The summed E-state index contributed by atoms with van der Waals surface area (Å²) in [6.45, 7) is 0.930. The minimum atomic E-state index is -0.805. The molecule has 2 saturated heterocycles. The van der Waals surface area contributed by atoms with Gasteiger partial charge in [0, 0.05) is 6.54 Å². The van der Waals surface area contributed by atoms with Gasteiger partial charge >= 0.3 is 6.03 Å². The zero-order valence-electron chi connectivity index (χ0n) is 19.9. The maximum absolute atomic E-state index is 13.3. The topological polar surface area (TPSA) is 109 Å². The third-order valence-electron chi connectivity index (χ3n) is 6.34. The zero-order chi connectivity index (χ0) is 24.6. The van der Waals surface area contributed by atoms with Crippen molar-refractivity contribution in [3.05, 3.63) is 60.2 Å². The Kier molecular flexibility index (Phi) is 8.57. The molecule has 0 aromatic heterocycles. The van der Waals surface area contributed by atoms with Crippen LogP contribution in [0.15, 0.2) is 54.6 Å². The van der Waals surface area contributed by atoms with E-state index in [-0.39, 0.29) is 50.3 Å². The molecular weight excluding hydrogens is 450 g/mol. The van der Waals surface area contributed by atoms with E-state index < -0.39 is 12.2 Å². The van der Waals surface area contributed by atoms with Crippen LogP contribution < -0.4 is 15.4 Å². The first-order chi connectivity index (χ1) is 17.0. The molecular formula is C26H33N3O6. The minimum absolute atomic E-state index is 0.0785. The Hall–Kier alpha value is -3.14. The van der Waals surface area contributed by atoms with Crippen molar-refractivity contribution in [2.75, 3.05) is 32.2 Å². The first kappa shape index (κ1) is 25.0. The summed E-state index contributed by atoms with van der Waals surface area (Å²) in [4.78, 5) is 27.4. The minimum Gasteiger partial charge on any atom is -0.495 e. The van der Waals surface area contributed by atoms with E-state index >= 15 is 0 Å². The van der Waals surface area contributed by atoms with Crippen LogP contribution in [0.1, 0.15) is 24.8 Å². The van der Waals surface area contributed by atoms with E-state index in [0.29, 0.717) is 30.8 Å². The summed E-state index contributed by atoms with van der Waals surface area (Å²) in [6, 6.07) is 16.3. The number of aliphatic hydroxyl groups is 1. The smallest absolute Gasteiger partial charge is 0.322 e. The molecule has 2 aliphatic rings. The van der Waals surface area contributed by atoms with Crippen LogP contribution in [0.4, 0.5) is 10.5 Å². The number of ether oxygens (including phenoxy) is 3. The number of hydrogen-bond acceptors (Lipinski definition) is 6. The van der Waals surface area contributed by atoms with Gasteiger partial charge in [0.1, 0.15) is 11.9 Å². The van der Waals surface area contributed by atoms with Crippen LogP contribution in [0.25, 0.3) is 0 Å². The summed E-state index contributed by atoms with van der Waals surface area (Å²) in [6.07, 6.45) is 0.0311. The third kappa shape index (κ3) is 6.72. The van der Waals surface area contributed by atoms with Gasteiger partial charge in [-0.15, -0.1) is 0 Å². The van der Waals surface area contributed by atoms with Crippen LogP contribution in [0.2, 0.25) is 0 Å². The van der Waals surface area contributed by atoms with Crippen molar-refractivity contribution in [1.82, 2.24) is 10.2 Å². The number of nitrogens with one attached hydrogen (secondary N) is 2. The molecule has 35 heavy (non-hydrogen) atoms. The molecule has 3 N–H and O–H groups in total. The number of aliphatic hydroxyl groups excluding tert-OH is 1. The Bertz CT molecular complexity index is 988. The van der Waals surface area contributed by atoms with Crippen molar-refractivity contribution in [3.63, 3.8) is 0 Å². The maximum atomic E-state index is 13.3. The van der Waals surface area contributed by atoms with E-state index in [1.165, 1.54) is 0 Å². The predicted molar refractivity (Wildman–Crippen MR) is 130 cm³/mol. The van der Waals surface area contributed by atoms with Crippen molar-refractivity contribution in [3.8, 4) is 5.75 Å². The Balaban J connectivity index is 1.38. The fourth-order valence-electron chi connectivity index (χ4n) is 4.58. The third-order valence-corrected chi connectivity index (χ3v) is 6.34. The van der Waals surface area contributed by atoms with Crippen molar-refractivity contribution in [2.24, 2.45) is 0 Å². The number of rotatable bonds is 6. The van der Waals surface area contributed by atoms with Gasteiger partial charge < -0.3 is 34.9 Å². The molecule has 0 bridgehead atoms. The second-order valence-corrected chi connectivity index (χ2v) is 8.88. The number of fused-ring (bicyclic) bond motifs is 1. The van der Waals surface area contributed by atoms with Crippen molar-refractivity contribution >= 4 is 17.6 Å². The van der Waals surface area contributed by atoms with E-state index in [0.717, 1.165) is 5.56 Å². The van der Waals surface area contributed by atoms with Crippen LogP contribution in [-0.2, 0) is 20.8 Å². The van der Waals surface area contributed by atoms with Gasteiger partial charge in [-0.2, -0.15) is 0 Å². The summed E-state index contributed by atoms with van der Waals surface area (Å²) < 4.78 is 17.2. The molecule has 2 aromatic rings. The summed E-state index contributed by atoms with van der Waals surface area (Å²) in [5.74, 6) is 0.472. The Morgan fingerprint density at radius 2 is 1.86 bits per heavy atom. The molecule has 4 rings (SSSR count). The summed E-state index contributed by atoms with van der Waals surface area (Å²) in [5, 5.41) is 16.2. The number of methoxy groups -OCH3 is 1. The molecule has 188 valence electrons. The van der Waals surface area contributed by atoms with Crippen LogP contribution in [0.3, 0.4) is 0 Å². The summed E-state index contributed by atoms with van der Waals surface area (Å²) in [7, 11) is 1.54. The molecule has 2 aromatic carbocycles. The highest BCUT2D eigenvalue weighted by Gasteiger charge is 2.40. The quantitative estimate of drug-likeness (QED) is 0.583. The van der Waals surface area contributed by atoms with E-state index in [1.54, 1.807) is 24.1 Å². The highest BCUT2D eigenvalue weighted by Crippen LogP contribution is 2.29. The number of anilines is 1. The molecule has 9 nitrogen and oxygen atoms in total. The number of para-hydroxylation sites is 2. The molecule has 0 spiro atoms. The Morgan fingerprint density at radius 3 is 2.66 bits per heavy atom. The molecule has 0 radical (unpaired) electrons. The van der Waals surface area contributed by atoms with Gasteiger partial charge in [0.2, 0.25) is 5.91 Å². The number of urea groups is 1. The molecule has 4 atom stereocenters. The van der Waals surface area contributed by atoms with Gasteiger partial charge in [0.25, 0.3) is 0 Å². The number of benzene rings is 2. The molecule has 3 amide bonds. The highest BCUT2D eigenvalue weighted by molar-refractivity contribution is 5.91. The maximum Gasteiger partial charge on any atom is 0.322 e. The molecule has 0 aliphatic carbocycles. The lowest BCUT2D eigenvalue weighted by Gasteiger charge is -2.44. The average molecular weight is 484 g/mol. The van der Waals surface area contributed by atoms with Crippen molar-refractivity contribution in [2.45, 2.75) is 50.2 Å². The van der Waals surface area contributed by atoms with Gasteiger partial charge in [-0.1, -0.05) is 42.5 Å². The number of carbonyl (C=O) groups is 2. The lowest BCUT2D eigenvalue weighted by atomic mass is 9.95. The Morgan fingerprint density at radius 1 is 1.09 bits per heavy atom. The second-order valence-electron chi connectivity index (χ2n) is 8.88. The van der Waals surface area contributed by atoms with Crippen LogP contribution >= 0.6 is 0 Å². The lowest BCUT2D eigenvalue weighted by Crippen LogP contribution is -2.58. The first-order valence-electron chi connectivity index (χ1n) is 12.0. The van der Waals surface area contributed by atoms with E-state index in [9.17, 15) is 14.7 Å². The molecule has 2 aliphatic heterocycles. The summed E-state index contributed by atoms with van der Waals surface area (Å²) in [5.41, 5.74) is 1.59. The monoisotopic (exact) mass is 483 g/mol. The van der Waals surface area contributed by atoms with E-state index in [1.807, 2.05) is 42.5 Å². The van der Waals surface area contributed by atoms with Crippen molar-refractivity contribution < 1.29 is 28.9 Å². The van der Waals surface area contributed by atoms with Gasteiger partial charge in [-0.3, -0.25) is 4.79 Å². The van der Waals surface area contributed by atoms with E-state index in [2.05, 4.69) is 10.6 Å². The number of nitrogens with zero attached hydrogens (tertiary/aromatic N) is 1. The number of hydrogen-bond donors (Lipinski definition) is 3. The molecule has 0 unspecified atom stereocenters. The largest absolute Gasteiger partial charge is 0.495 e. The Labute approximate surface area is 205 Å². The van der Waals surface area contributed by atoms with Crippen LogP contribution in [-0.4, -0.2) is 73.2 Å². The van der Waals surface area contributed by atoms with Crippen LogP contribution in [0, 0.1) is 0 Å². The van der Waals surface area contributed by atoms with E-state index in [4.69, 9.17) is 14.2 Å². The van der Waals surface area contributed by atoms with Gasteiger partial charge in [0.05, 0.1) is 57.2 Å². The molecule has 2 fully saturated rings. The standard InChI is InChI=1S/C26H33N3O6/c1-33-23-10-6-5-9-21(23)28-26(32)29-15-19(30)16-34-17-24-22(29)12-11-20(35-24)13-25(31)27-14-18-7-3-2-4-8-18/h2-10,19-20,22,24,30H,11-17H2,1H3,(H,27,31)(H,28,32)/t19-,20+,22-,24+/m0/s1. The van der Waals surface area contributed by atoms with Gasteiger partial charge in [-0.05, 0) is 30.5 Å². The van der Waals surface area contributed by atoms with Crippen LogP contribution in [0.5, 0.6) is 5.75 Å². The van der Waals surface area contributed by atoms with Gasteiger partial charge in [-0.25, -0.2) is 4.79 Å². The lowest BCUT2D eigenvalue weighted by molar-refractivity contribution is -0.149. The molecule has 9 heteroatoms. The van der Waals surface area contributed by atoms with Gasteiger partial charge in [0.15, 0.2) is 0 Å². The SMILES string of the molecule is COc1ccccc1NC(=O)N1C[C@H](O)COC[C@H]2O[C@@H](CC(=O)NCc3ccccc3)CC[C@@H]21. The predicted octanol–water partition coefficient (Wildman–Crippen LogP) is 2.54. The second kappa shape index (κ2) is 12.0. The normalized spacial score (nSPS) is 24.5. The average Bonchev–Trinajstić information content (AvgIpc) is 2.86. The van der Waals surface area contributed by atoms with Crippen molar-refractivity contribution in [1.29, 1.82) is 0 Å².